The van der Waals surface area contributed by atoms with Gasteiger partial charge >= 0.3 is 7.82 Å². The van der Waals surface area contributed by atoms with Crippen molar-refractivity contribution in [1.29, 1.82) is 0 Å². The minimum Gasteiger partial charge on any atom is -0.387 e. The Balaban J connectivity index is 1.35. The third kappa shape index (κ3) is 4.86. The molecule has 0 bridgehead atoms. The molecule has 0 amide bonds. The van der Waals surface area contributed by atoms with E-state index in [1.807, 2.05) is 0 Å². The fourth-order valence-corrected chi connectivity index (χ4v) is 6.26. The van der Waals surface area contributed by atoms with Gasteiger partial charge < -0.3 is 20.7 Å². The average Bonchev–Trinajstić information content (AvgIpc) is 3.30. The number of aromatic nitrogens is 4. The second-order valence-corrected chi connectivity index (χ2v) is 11.4. The summed E-state index contributed by atoms with van der Waals surface area (Å²) in [6.45, 7) is 4.11. The number of anilines is 1. The minimum atomic E-state index is -4.31. The number of aliphatic hydroxyl groups is 2. The van der Waals surface area contributed by atoms with Crippen molar-refractivity contribution in [3.05, 3.63) is 48.1 Å². The zero-order valence-electron chi connectivity index (χ0n) is 20.1. The Morgan fingerprint density at radius 3 is 2.62 bits per heavy atom. The van der Waals surface area contributed by atoms with Crippen LogP contribution in [0.3, 0.4) is 0 Å². The number of fused-ring (bicyclic) bond motifs is 1. The zero-order valence-corrected chi connectivity index (χ0v) is 21.0. The van der Waals surface area contributed by atoms with Gasteiger partial charge in [-0.25, -0.2) is 28.3 Å². The fourth-order valence-electron chi connectivity index (χ4n) is 4.58. The summed E-state index contributed by atoms with van der Waals surface area (Å²) in [7, 11) is -4.31. The summed E-state index contributed by atoms with van der Waals surface area (Å²) in [4.78, 5) is 12.1. The van der Waals surface area contributed by atoms with Crippen molar-refractivity contribution in [2.75, 3.05) is 12.3 Å². The van der Waals surface area contributed by atoms with Crippen molar-refractivity contribution in [1.82, 2.24) is 19.5 Å². The third-order valence-electron chi connectivity index (χ3n) is 6.34. The Bertz CT molecular complexity index is 1370. The van der Waals surface area contributed by atoms with Crippen molar-refractivity contribution in [2.45, 2.75) is 62.9 Å². The summed E-state index contributed by atoms with van der Waals surface area (Å²) in [6, 6.07) is 2.88. The number of hydrogen-bond acceptors (Lipinski definition) is 11. The smallest absolute Gasteiger partial charge is 0.387 e. The number of phosphoric acid groups is 1. The van der Waals surface area contributed by atoms with E-state index in [0.29, 0.717) is 0 Å². The lowest BCUT2D eigenvalue weighted by atomic mass is 9.96. The normalized spacial score (nSPS) is 33.7. The minimum absolute atomic E-state index is 0.127. The number of halogens is 2. The molecule has 12 nitrogen and oxygen atoms in total. The van der Waals surface area contributed by atoms with E-state index in [-0.39, 0.29) is 29.0 Å². The van der Waals surface area contributed by atoms with Crippen molar-refractivity contribution < 1.29 is 41.9 Å². The number of benzene rings is 1. The largest absolute Gasteiger partial charge is 0.476 e. The van der Waals surface area contributed by atoms with E-state index in [0.717, 1.165) is 18.2 Å². The number of rotatable bonds is 5. The Labute approximate surface area is 210 Å². The van der Waals surface area contributed by atoms with Crippen LogP contribution in [0, 0.1) is 11.6 Å². The van der Waals surface area contributed by atoms with E-state index < -0.39 is 61.8 Å². The molecule has 37 heavy (non-hydrogen) atoms. The lowest BCUT2D eigenvalue weighted by molar-refractivity contribution is -0.0967. The number of aliphatic hydroxyl groups excluding tert-OH is 1. The Hall–Kier alpha value is -2.58. The molecule has 1 aromatic carbocycles. The van der Waals surface area contributed by atoms with Crippen LogP contribution in [0.25, 0.3) is 11.2 Å². The van der Waals surface area contributed by atoms with Gasteiger partial charge in [-0.1, -0.05) is 0 Å². The molecule has 2 aromatic heterocycles. The van der Waals surface area contributed by atoms with Gasteiger partial charge in [0.05, 0.1) is 24.6 Å². The van der Waals surface area contributed by atoms with E-state index in [1.165, 1.54) is 24.1 Å². The zero-order chi connectivity index (χ0) is 26.8. The van der Waals surface area contributed by atoms with Gasteiger partial charge in [-0.05, 0) is 38.5 Å². The quantitative estimate of drug-likeness (QED) is 0.407. The highest BCUT2D eigenvalue weighted by Crippen LogP contribution is 2.62. The molecule has 15 heteroatoms. The fraction of sp³-hybridized carbons (Fsp3) is 0.500. The van der Waals surface area contributed by atoms with Crippen LogP contribution in [0.4, 0.5) is 14.6 Å². The number of phosphoric ester groups is 1. The van der Waals surface area contributed by atoms with Crippen LogP contribution in [-0.2, 0) is 22.9 Å². The van der Waals surface area contributed by atoms with Crippen LogP contribution < -0.4 is 5.73 Å². The number of imidazole rings is 1. The van der Waals surface area contributed by atoms with Crippen LogP contribution in [-0.4, -0.2) is 59.7 Å². The van der Waals surface area contributed by atoms with Gasteiger partial charge in [-0.2, -0.15) is 0 Å². The Morgan fingerprint density at radius 2 is 1.92 bits per heavy atom. The molecule has 5 rings (SSSR count). The third-order valence-corrected chi connectivity index (χ3v) is 8.04. The summed E-state index contributed by atoms with van der Waals surface area (Å²) in [6.07, 6.45) is -2.12. The molecule has 0 spiro atoms. The molecule has 2 aliphatic heterocycles. The molecule has 2 aliphatic rings. The summed E-state index contributed by atoms with van der Waals surface area (Å²) in [5.41, 5.74) is 3.63. The highest BCUT2D eigenvalue weighted by Gasteiger charge is 2.55. The van der Waals surface area contributed by atoms with Gasteiger partial charge in [-0.15, -0.1) is 0 Å². The number of nitrogens with zero attached hydrogens (tertiary/aromatic N) is 4. The first kappa shape index (κ1) is 26.0. The summed E-state index contributed by atoms with van der Waals surface area (Å²) < 4.78 is 64.9. The van der Waals surface area contributed by atoms with E-state index in [9.17, 15) is 23.6 Å². The summed E-state index contributed by atoms with van der Waals surface area (Å²) in [5.74, 6) is -1.50. The maximum atomic E-state index is 13.8. The van der Waals surface area contributed by atoms with Gasteiger partial charge in [0.2, 0.25) is 0 Å². The highest BCUT2D eigenvalue weighted by molar-refractivity contribution is 7.48. The van der Waals surface area contributed by atoms with Crippen LogP contribution in [0.1, 0.15) is 45.1 Å². The van der Waals surface area contributed by atoms with Crippen LogP contribution in [0.15, 0.2) is 30.9 Å². The molecule has 0 saturated carbocycles. The van der Waals surface area contributed by atoms with Gasteiger partial charge in [0.25, 0.3) is 0 Å². The molecule has 0 aliphatic carbocycles. The predicted octanol–water partition coefficient (Wildman–Crippen LogP) is 2.78. The number of hydrogen-bond donors (Lipinski definition) is 3. The van der Waals surface area contributed by atoms with Crippen LogP contribution in [0.5, 0.6) is 0 Å². The van der Waals surface area contributed by atoms with Crippen molar-refractivity contribution in [3.63, 3.8) is 0 Å². The second-order valence-electron chi connectivity index (χ2n) is 9.88. The van der Waals surface area contributed by atoms with E-state index in [4.69, 9.17) is 24.0 Å². The standard InChI is InChI=1S/C22H26F2N5O7P/c1-21(2)7-14(11-4-12(23)6-13(24)5-11)35-37(32,36-21)33-8-15-17(30)22(3,31)20(34-15)29-10-28-16-18(25)26-9-27-19(16)29/h4-6,9-10,14-15,17,20,30-31H,7-8H2,1-3H3,(H2,25,26,27)/t14?,15-,17-,20-,22-,37?/m1/s1. The van der Waals surface area contributed by atoms with E-state index >= 15 is 0 Å². The molecule has 4 N–H and O–H groups in total. The SMILES string of the molecule is CC1(C)CC(c2cc(F)cc(F)c2)OP(=O)(OC[C@H]2O[C@@H](n3cnc4c(N)ncnc43)[C@](C)(O)[C@@H]2O)O1. The highest BCUT2D eigenvalue weighted by atomic mass is 31.2. The Kier molecular flexibility index (Phi) is 6.35. The first-order chi connectivity index (χ1) is 17.3. The van der Waals surface area contributed by atoms with Crippen molar-refractivity contribution in [3.8, 4) is 0 Å². The monoisotopic (exact) mass is 541 g/mol. The molecule has 200 valence electrons. The molecule has 2 fully saturated rings. The van der Waals surface area contributed by atoms with Gasteiger partial charge in [0.15, 0.2) is 17.7 Å². The molecule has 6 atom stereocenters. The van der Waals surface area contributed by atoms with Gasteiger partial charge in [-0.3, -0.25) is 18.1 Å². The summed E-state index contributed by atoms with van der Waals surface area (Å²) in [5, 5.41) is 21.9. The number of nitrogens with two attached hydrogens (primary N) is 1. The average molecular weight is 541 g/mol. The van der Waals surface area contributed by atoms with E-state index in [1.54, 1.807) is 13.8 Å². The molecular formula is C22H26F2N5O7P. The lowest BCUT2D eigenvalue weighted by Crippen LogP contribution is -2.44. The van der Waals surface area contributed by atoms with Gasteiger partial charge in [0.1, 0.15) is 41.3 Å². The topological polar surface area (TPSA) is 164 Å². The second kappa shape index (κ2) is 9.02. The maximum Gasteiger partial charge on any atom is 0.476 e. The maximum absolute atomic E-state index is 13.8. The van der Waals surface area contributed by atoms with Crippen LogP contribution >= 0.6 is 7.82 Å². The Morgan fingerprint density at radius 1 is 1.22 bits per heavy atom. The molecule has 4 heterocycles. The first-order valence-corrected chi connectivity index (χ1v) is 12.8. The van der Waals surface area contributed by atoms with Crippen molar-refractivity contribution >= 4 is 24.8 Å². The number of nitrogen functional groups attached to an aromatic ring is 1. The molecule has 0 radical (unpaired) electrons. The number of ether oxygens (including phenoxy) is 1. The molecule has 2 saturated heterocycles. The van der Waals surface area contributed by atoms with E-state index in [2.05, 4.69) is 15.0 Å². The van der Waals surface area contributed by atoms with Gasteiger partial charge in [0, 0.05) is 12.5 Å². The summed E-state index contributed by atoms with van der Waals surface area (Å²) >= 11 is 0. The first-order valence-electron chi connectivity index (χ1n) is 11.4. The molecule has 2 unspecified atom stereocenters. The lowest BCUT2D eigenvalue weighted by Gasteiger charge is -2.39. The van der Waals surface area contributed by atoms with Crippen molar-refractivity contribution in [2.24, 2.45) is 0 Å². The molecule has 3 aromatic rings. The van der Waals surface area contributed by atoms with Crippen LogP contribution in [0.2, 0.25) is 0 Å². The molecular weight excluding hydrogens is 515 g/mol. The predicted molar refractivity (Wildman–Crippen MR) is 124 cm³/mol.